The number of rotatable bonds is 4. The van der Waals surface area contributed by atoms with Crippen LogP contribution < -0.4 is 0 Å². The van der Waals surface area contributed by atoms with Gasteiger partial charge in [0.25, 0.3) is 5.91 Å². The van der Waals surface area contributed by atoms with E-state index in [1.54, 1.807) is 18.2 Å². The average molecular weight is 327 g/mol. The van der Waals surface area contributed by atoms with E-state index in [1.807, 2.05) is 16.7 Å². The zero-order valence-electron chi connectivity index (χ0n) is 11.8. The summed E-state index contributed by atoms with van der Waals surface area (Å²) in [6.07, 6.45) is 3.33. The predicted octanol–water partition coefficient (Wildman–Crippen LogP) is 2.86. The number of hydrogen-bond donors (Lipinski definition) is 0. The maximum Gasteiger partial charge on any atom is 0.272 e. The van der Waals surface area contributed by atoms with Crippen molar-refractivity contribution in [1.29, 1.82) is 0 Å². The number of pyridine rings is 1. The van der Waals surface area contributed by atoms with Gasteiger partial charge in [0.2, 0.25) is 0 Å². The first-order valence-electron chi connectivity index (χ1n) is 7.37. The van der Waals surface area contributed by atoms with E-state index in [0.717, 1.165) is 37.4 Å². The molecule has 3 heterocycles. The van der Waals surface area contributed by atoms with E-state index in [1.165, 1.54) is 0 Å². The zero-order chi connectivity index (χ0) is 14.7. The van der Waals surface area contributed by atoms with E-state index < -0.39 is 0 Å². The summed E-state index contributed by atoms with van der Waals surface area (Å²) < 4.78 is 5.71. The minimum Gasteiger partial charge on any atom is -0.376 e. The summed E-state index contributed by atoms with van der Waals surface area (Å²) in [5, 5.41) is 0.360. The van der Waals surface area contributed by atoms with Crippen LogP contribution in [0.15, 0.2) is 18.2 Å². The fourth-order valence-corrected chi connectivity index (χ4v) is 4.24. The molecule has 1 aromatic rings. The van der Waals surface area contributed by atoms with Crippen molar-refractivity contribution < 1.29 is 9.53 Å². The van der Waals surface area contributed by atoms with Gasteiger partial charge in [-0.05, 0) is 37.1 Å². The minimum absolute atomic E-state index is 0.0273. The van der Waals surface area contributed by atoms with Crippen LogP contribution >= 0.6 is 23.4 Å². The molecular weight excluding hydrogens is 308 g/mol. The molecule has 0 radical (unpaired) electrons. The lowest BCUT2D eigenvalue weighted by Crippen LogP contribution is -2.45. The Labute approximate surface area is 134 Å². The highest BCUT2D eigenvalue weighted by atomic mass is 35.5. The number of aromatic nitrogens is 1. The summed E-state index contributed by atoms with van der Waals surface area (Å²) in [7, 11) is 0. The van der Waals surface area contributed by atoms with Crippen molar-refractivity contribution in [3.63, 3.8) is 0 Å². The van der Waals surface area contributed by atoms with Gasteiger partial charge in [0.05, 0.1) is 6.10 Å². The van der Waals surface area contributed by atoms with Crippen molar-refractivity contribution >= 4 is 29.3 Å². The highest BCUT2D eigenvalue weighted by Gasteiger charge is 2.31. The van der Waals surface area contributed by atoms with E-state index in [9.17, 15) is 4.79 Å². The number of hydrogen-bond acceptors (Lipinski definition) is 4. The molecule has 2 fully saturated rings. The summed E-state index contributed by atoms with van der Waals surface area (Å²) >= 11 is 7.82. The van der Waals surface area contributed by atoms with Crippen molar-refractivity contribution in [3.8, 4) is 0 Å². The van der Waals surface area contributed by atoms with E-state index >= 15 is 0 Å². The molecule has 6 heteroatoms. The molecule has 2 saturated heterocycles. The van der Waals surface area contributed by atoms with Gasteiger partial charge >= 0.3 is 0 Å². The Morgan fingerprint density at radius 3 is 3.05 bits per heavy atom. The molecule has 21 heavy (non-hydrogen) atoms. The number of amides is 1. The van der Waals surface area contributed by atoms with Crippen LogP contribution in [0.1, 0.15) is 29.8 Å². The van der Waals surface area contributed by atoms with E-state index in [-0.39, 0.29) is 18.1 Å². The van der Waals surface area contributed by atoms with Gasteiger partial charge in [0, 0.05) is 24.9 Å². The van der Waals surface area contributed by atoms with Crippen LogP contribution in [-0.4, -0.2) is 52.6 Å². The molecule has 3 rings (SSSR count). The fraction of sp³-hybridized carbons (Fsp3) is 0.600. The molecule has 4 nitrogen and oxygen atoms in total. The van der Waals surface area contributed by atoms with Crippen LogP contribution in [0.2, 0.25) is 5.15 Å². The van der Waals surface area contributed by atoms with Crippen molar-refractivity contribution in [2.24, 2.45) is 0 Å². The Hall–Kier alpha value is -0.780. The second-order valence-electron chi connectivity index (χ2n) is 5.46. The molecule has 2 aliphatic heterocycles. The molecule has 0 spiro atoms. The number of carbonyl (C=O) groups is 1. The molecule has 1 aromatic heterocycles. The summed E-state index contributed by atoms with van der Waals surface area (Å²) in [4.78, 5) is 18.9. The molecular formula is C15H19ClN2O2S. The average Bonchev–Trinajstić information content (AvgIpc) is 3.17. The lowest BCUT2D eigenvalue weighted by molar-refractivity contribution is 0.0437. The van der Waals surface area contributed by atoms with Gasteiger partial charge < -0.3 is 9.64 Å². The van der Waals surface area contributed by atoms with Crippen molar-refractivity contribution in [2.45, 2.75) is 31.4 Å². The van der Waals surface area contributed by atoms with Crippen molar-refractivity contribution in [1.82, 2.24) is 9.88 Å². The zero-order valence-corrected chi connectivity index (χ0v) is 13.4. The molecule has 1 amide bonds. The van der Waals surface area contributed by atoms with Gasteiger partial charge in [-0.2, -0.15) is 11.8 Å². The first kappa shape index (κ1) is 15.1. The molecule has 0 saturated carbocycles. The predicted molar refractivity (Wildman–Crippen MR) is 85.0 cm³/mol. The standard InChI is InChI=1S/C15H19ClN2O2S/c16-14-5-1-4-13(17-14)15(19)18(11-6-8-21-10-11)9-12-3-2-7-20-12/h1,4-5,11-12H,2-3,6-10H2. The summed E-state index contributed by atoms with van der Waals surface area (Å²) in [6, 6.07) is 5.48. The maximum atomic E-state index is 12.8. The van der Waals surface area contributed by atoms with Gasteiger partial charge in [-0.3, -0.25) is 4.79 Å². The first-order chi connectivity index (χ1) is 10.2. The Bertz CT molecular complexity index is 502. The third kappa shape index (κ3) is 3.71. The lowest BCUT2D eigenvalue weighted by atomic mass is 10.1. The van der Waals surface area contributed by atoms with Gasteiger partial charge in [-0.25, -0.2) is 4.98 Å². The second kappa shape index (κ2) is 6.99. The van der Waals surface area contributed by atoms with Crippen LogP contribution in [0.25, 0.3) is 0 Å². The van der Waals surface area contributed by atoms with Crippen LogP contribution in [0.5, 0.6) is 0 Å². The molecule has 0 aliphatic carbocycles. The molecule has 2 atom stereocenters. The van der Waals surface area contributed by atoms with E-state index in [2.05, 4.69) is 4.98 Å². The monoisotopic (exact) mass is 326 g/mol. The number of halogens is 1. The van der Waals surface area contributed by atoms with Gasteiger partial charge in [0.15, 0.2) is 0 Å². The van der Waals surface area contributed by atoms with Gasteiger partial charge in [0.1, 0.15) is 10.8 Å². The minimum atomic E-state index is -0.0273. The number of ether oxygens (including phenoxy) is 1. The molecule has 0 bridgehead atoms. The summed E-state index contributed by atoms with van der Waals surface area (Å²) in [6.45, 7) is 1.47. The quantitative estimate of drug-likeness (QED) is 0.798. The summed E-state index contributed by atoms with van der Waals surface area (Å²) in [5.41, 5.74) is 0.428. The Morgan fingerprint density at radius 2 is 2.38 bits per heavy atom. The van der Waals surface area contributed by atoms with Crippen molar-refractivity contribution in [2.75, 3.05) is 24.7 Å². The fourth-order valence-electron chi connectivity index (χ4n) is 2.85. The topological polar surface area (TPSA) is 42.4 Å². The normalized spacial score (nSPS) is 25.2. The Balaban J connectivity index is 1.77. The molecule has 2 unspecified atom stereocenters. The molecule has 0 N–H and O–H groups in total. The Kier molecular flexibility index (Phi) is 5.03. The number of thioether (sulfide) groups is 1. The van der Waals surface area contributed by atoms with Crippen LogP contribution in [0.3, 0.4) is 0 Å². The van der Waals surface area contributed by atoms with Crippen LogP contribution in [0.4, 0.5) is 0 Å². The molecule has 2 aliphatic rings. The molecule has 0 aromatic carbocycles. The van der Waals surface area contributed by atoms with E-state index in [4.69, 9.17) is 16.3 Å². The maximum absolute atomic E-state index is 12.8. The largest absolute Gasteiger partial charge is 0.376 e. The Morgan fingerprint density at radius 1 is 1.48 bits per heavy atom. The third-order valence-electron chi connectivity index (χ3n) is 3.97. The number of carbonyl (C=O) groups excluding carboxylic acids is 1. The highest BCUT2D eigenvalue weighted by molar-refractivity contribution is 7.99. The first-order valence-corrected chi connectivity index (χ1v) is 8.90. The van der Waals surface area contributed by atoms with Gasteiger partial charge in [-0.1, -0.05) is 17.7 Å². The van der Waals surface area contributed by atoms with Crippen LogP contribution in [0, 0.1) is 0 Å². The SMILES string of the molecule is O=C(c1cccc(Cl)n1)N(CC1CCCO1)C1CCSC1. The van der Waals surface area contributed by atoms with E-state index in [0.29, 0.717) is 17.4 Å². The summed E-state index contributed by atoms with van der Waals surface area (Å²) in [5.74, 6) is 2.09. The number of nitrogens with zero attached hydrogens (tertiary/aromatic N) is 2. The second-order valence-corrected chi connectivity index (χ2v) is 6.99. The lowest BCUT2D eigenvalue weighted by Gasteiger charge is -2.30. The third-order valence-corrected chi connectivity index (χ3v) is 5.32. The smallest absolute Gasteiger partial charge is 0.272 e. The highest BCUT2D eigenvalue weighted by Crippen LogP contribution is 2.25. The molecule has 114 valence electrons. The van der Waals surface area contributed by atoms with Crippen LogP contribution in [-0.2, 0) is 4.74 Å². The van der Waals surface area contributed by atoms with Crippen molar-refractivity contribution in [3.05, 3.63) is 29.0 Å². The van der Waals surface area contributed by atoms with Gasteiger partial charge in [-0.15, -0.1) is 0 Å².